The van der Waals surface area contributed by atoms with Gasteiger partial charge in [-0.2, -0.15) is 9.30 Å². The van der Waals surface area contributed by atoms with E-state index < -0.39 is 15.9 Å². The van der Waals surface area contributed by atoms with Gasteiger partial charge in [0.05, 0.1) is 20.1 Å². The van der Waals surface area contributed by atoms with Crippen molar-refractivity contribution < 1.29 is 13.2 Å². The van der Waals surface area contributed by atoms with Crippen LogP contribution < -0.4 is 4.80 Å². The van der Waals surface area contributed by atoms with E-state index in [1.165, 1.54) is 35.6 Å². The second-order valence-corrected chi connectivity index (χ2v) is 11.1. The summed E-state index contributed by atoms with van der Waals surface area (Å²) >= 11 is 7.67. The number of sulfonamides is 1. The van der Waals surface area contributed by atoms with Crippen LogP contribution >= 0.6 is 22.9 Å². The highest BCUT2D eigenvalue weighted by Gasteiger charge is 2.25. The van der Waals surface area contributed by atoms with E-state index in [0.717, 1.165) is 41.5 Å². The molecule has 1 fully saturated rings. The Morgan fingerprint density at radius 1 is 1.03 bits per heavy atom. The van der Waals surface area contributed by atoms with Crippen LogP contribution in [0.4, 0.5) is 0 Å². The van der Waals surface area contributed by atoms with Gasteiger partial charge in [0, 0.05) is 25.7 Å². The molecular weight excluding hydrogens is 454 g/mol. The first-order chi connectivity index (χ1) is 14.8. The van der Waals surface area contributed by atoms with Crippen LogP contribution in [0.5, 0.6) is 0 Å². The number of hydrogen-bond donors (Lipinski definition) is 0. The predicted octanol–water partition coefficient (Wildman–Crippen LogP) is 4.51. The van der Waals surface area contributed by atoms with Gasteiger partial charge in [0.15, 0.2) is 4.80 Å². The highest BCUT2D eigenvalue weighted by atomic mass is 35.5. The molecule has 31 heavy (non-hydrogen) atoms. The van der Waals surface area contributed by atoms with Crippen LogP contribution in [-0.2, 0) is 17.1 Å². The Hall–Kier alpha value is -2.00. The number of benzene rings is 2. The Labute approximate surface area is 190 Å². The van der Waals surface area contributed by atoms with Crippen molar-refractivity contribution >= 4 is 49.1 Å². The highest BCUT2D eigenvalue weighted by Crippen LogP contribution is 2.28. The van der Waals surface area contributed by atoms with E-state index in [-0.39, 0.29) is 4.90 Å². The number of carbonyl (C=O) groups excluding carboxylic acids is 1. The SMILES string of the molecule is Cc1ccc(Cl)c2sc(=NC(=O)c3ccc(S(=O)(=O)N4CCCCCC4)cc3)n(C)c12. The number of aromatic nitrogens is 1. The normalized spacial score (nSPS) is 16.5. The minimum Gasteiger partial charge on any atom is -0.319 e. The molecule has 0 bridgehead atoms. The Morgan fingerprint density at radius 2 is 1.68 bits per heavy atom. The topological polar surface area (TPSA) is 71.7 Å². The summed E-state index contributed by atoms with van der Waals surface area (Å²) in [6.07, 6.45) is 3.87. The molecule has 0 saturated carbocycles. The van der Waals surface area contributed by atoms with E-state index >= 15 is 0 Å². The number of carbonyl (C=O) groups is 1. The van der Waals surface area contributed by atoms with Crippen molar-refractivity contribution in [3.63, 3.8) is 0 Å². The molecule has 0 atom stereocenters. The largest absolute Gasteiger partial charge is 0.319 e. The number of amides is 1. The van der Waals surface area contributed by atoms with Gasteiger partial charge in [-0.15, -0.1) is 0 Å². The summed E-state index contributed by atoms with van der Waals surface area (Å²) in [5.41, 5.74) is 2.34. The first kappa shape index (κ1) is 22.2. The maximum Gasteiger partial charge on any atom is 0.279 e. The van der Waals surface area contributed by atoms with Crippen LogP contribution in [-0.4, -0.2) is 36.3 Å². The van der Waals surface area contributed by atoms with Gasteiger partial charge in [-0.1, -0.05) is 41.8 Å². The average Bonchev–Trinajstić information content (AvgIpc) is 2.94. The van der Waals surface area contributed by atoms with Crippen LogP contribution in [0, 0.1) is 6.92 Å². The van der Waals surface area contributed by atoms with Crippen LogP contribution in [0.15, 0.2) is 46.3 Å². The Morgan fingerprint density at radius 3 is 2.29 bits per heavy atom. The molecule has 0 unspecified atom stereocenters. The summed E-state index contributed by atoms with van der Waals surface area (Å²) in [6, 6.07) is 9.82. The second-order valence-electron chi connectivity index (χ2n) is 7.75. The lowest BCUT2D eigenvalue weighted by Gasteiger charge is -2.19. The predicted molar refractivity (Wildman–Crippen MR) is 124 cm³/mol. The standard InChI is InChI=1S/C22H24ClN3O3S2/c1-15-7-12-18(23)20-19(15)25(2)22(30-20)24-21(27)16-8-10-17(11-9-16)31(28,29)26-13-5-3-4-6-14-26/h7-12H,3-6,13-14H2,1-2H3. The van der Waals surface area contributed by atoms with Crippen molar-refractivity contribution in [2.45, 2.75) is 37.5 Å². The number of thiazole rings is 1. The van der Waals surface area contributed by atoms with E-state index in [1.54, 1.807) is 4.31 Å². The third-order valence-corrected chi connectivity index (χ3v) is 9.11. The Balaban J connectivity index is 1.63. The number of aryl methyl sites for hydroxylation is 2. The number of nitrogens with zero attached hydrogens (tertiary/aromatic N) is 3. The maximum atomic E-state index is 12.9. The van der Waals surface area contributed by atoms with Crippen LogP contribution in [0.25, 0.3) is 10.2 Å². The fourth-order valence-corrected chi connectivity index (χ4v) is 6.75. The van der Waals surface area contributed by atoms with Gasteiger partial charge in [0.2, 0.25) is 10.0 Å². The molecule has 1 amide bonds. The van der Waals surface area contributed by atoms with Crippen molar-refractivity contribution in [3.8, 4) is 0 Å². The molecular formula is C22H24ClN3O3S2. The van der Waals surface area contributed by atoms with Crippen LogP contribution in [0.3, 0.4) is 0 Å². The zero-order valence-corrected chi connectivity index (χ0v) is 19.9. The molecule has 3 aromatic rings. The number of hydrogen-bond acceptors (Lipinski definition) is 4. The molecule has 1 aromatic heterocycles. The van der Waals surface area contributed by atoms with Gasteiger partial charge in [-0.3, -0.25) is 4.79 Å². The number of rotatable bonds is 3. The van der Waals surface area contributed by atoms with Crippen molar-refractivity contribution in [2.24, 2.45) is 12.0 Å². The summed E-state index contributed by atoms with van der Waals surface area (Å²) in [6.45, 7) is 3.08. The van der Waals surface area contributed by atoms with Gasteiger partial charge in [-0.25, -0.2) is 8.42 Å². The third-order valence-electron chi connectivity index (χ3n) is 5.60. The molecule has 0 aliphatic carbocycles. The Kier molecular flexibility index (Phi) is 6.35. The summed E-state index contributed by atoms with van der Waals surface area (Å²) in [7, 11) is -1.69. The molecule has 9 heteroatoms. The van der Waals surface area contributed by atoms with Gasteiger partial charge in [0.1, 0.15) is 0 Å². The molecule has 0 N–H and O–H groups in total. The van der Waals surface area contributed by atoms with Crippen molar-refractivity contribution in [1.29, 1.82) is 0 Å². The molecule has 1 saturated heterocycles. The molecule has 1 aliphatic heterocycles. The molecule has 0 radical (unpaired) electrons. The van der Waals surface area contributed by atoms with E-state index in [0.29, 0.717) is 28.5 Å². The molecule has 164 valence electrons. The van der Waals surface area contributed by atoms with E-state index in [2.05, 4.69) is 4.99 Å². The molecule has 4 rings (SSSR count). The lowest BCUT2D eigenvalue weighted by molar-refractivity contribution is 0.0998. The summed E-state index contributed by atoms with van der Waals surface area (Å²) in [4.78, 5) is 17.8. The van der Waals surface area contributed by atoms with Crippen molar-refractivity contribution in [1.82, 2.24) is 8.87 Å². The maximum absolute atomic E-state index is 12.9. The third kappa shape index (κ3) is 4.35. The van der Waals surface area contributed by atoms with Crippen LogP contribution in [0.1, 0.15) is 41.6 Å². The van der Waals surface area contributed by atoms with Crippen LogP contribution in [0.2, 0.25) is 5.02 Å². The first-order valence-corrected chi connectivity index (χ1v) is 12.9. The van der Waals surface area contributed by atoms with Gasteiger partial charge >= 0.3 is 0 Å². The fourth-order valence-electron chi connectivity index (χ4n) is 3.86. The molecule has 6 nitrogen and oxygen atoms in total. The molecule has 2 heterocycles. The zero-order valence-electron chi connectivity index (χ0n) is 17.5. The smallest absolute Gasteiger partial charge is 0.279 e. The monoisotopic (exact) mass is 477 g/mol. The highest BCUT2D eigenvalue weighted by molar-refractivity contribution is 7.89. The zero-order chi connectivity index (χ0) is 22.2. The molecule has 1 aliphatic rings. The lowest BCUT2D eigenvalue weighted by Crippen LogP contribution is -2.31. The van der Waals surface area contributed by atoms with E-state index in [1.807, 2.05) is 30.7 Å². The van der Waals surface area contributed by atoms with Gasteiger partial charge in [-0.05, 0) is 55.7 Å². The lowest BCUT2D eigenvalue weighted by atomic mass is 10.2. The minimum absolute atomic E-state index is 0.209. The number of fused-ring (bicyclic) bond motifs is 1. The van der Waals surface area contributed by atoms with Crippen molar-refractivity contribution in [2.75, 3.05) is 13.1 Å². The van der Waals surface area contributed by atoms with Gasteiger partial charge < -0.3 is 4.57 Å². The fraction of sp³-hybridized carbons (Fsp3) is 0.364. The number of halogens is 1. The minimum atomic E-state index is -3.55. The second kappa shape index (κ2) is 8.86. The van der Waals surface area contributed by atoms with Gasteiger partial charge in [0.25, 0.3) is 5.91 Å². The van der Waals surface area contributed by atoms with E-state index in [4.69, 9.17) is 11.6 Å². The summed E-state index contributed by atoms with van der Waals surface area (Å²) in [5, 5.41) is 0.623. The summed E-state index contributed by atoms with van der Waals surface area (Å²) < 4.78 is 30.1. The van der Waals surface area contributed by atoms with E-state index in [9.17, 15) is 13.2 Å². The van der Waals surface area contributed by atoms with Crippen molar-refractivity contribution in [3.05, 3.63) is 57.3 Å². The Bertz CT molecular complexity index is 1300. The quantitative estimate of drug-likeness (QED) is 0.557. The summed E-state index contributed by atoms with van der Waals surface area (Å²) in [5.74, 6) is -0.422. The molecule has 2 aromatic carbocycles. The molecule has 0 spiro atoms. The average molecular weight is 478 g/mol. The first-order valence-electron chi connectivity index (χ1n) is 10.2.